The maximum Gasteiger partial charge on any atom is 0.331 e. The molecule has 4 aliphatic rings. The molecule has 4 fully saturated rings. The molecule has 2 aliphatic carbocycles. The second-order valence-electron chi connectivity index (χ2n) is 10.2. The number of imide groups is 2. The van der Waals surface area contributed by atoms with Crippen LogP contribution in [0, 0.1) is 11.8 Å². The number of halogens is 1. The molecule has 0 radical (unpaired) electrons. The van der Waals surface area contributed by atoms with E-state index < -0.39 is 41.9 Å². The summed E-state index contributed by atoms with van der Waals surface area (Å²) in [6, 6.07) is -1.12. The van der Waals surface area contributed by atoms with Crippen molar-refractivity contribution in [2.75, 3.05) is 0 Å². The molecule has 2 saturated heterocycles. The Kier molecular flexibility index (Phi) is 6.88. The number of aliphatic carboxylic acids is 1. The third kappa shape index (κ3) is 4.56. The fraction of sp³-hybridized carbons (Fsp3) is 0.750. The first kappa shape index (κ1) is 23.9. The van der Waals surface area contributed by atoms with Gasteiger partial charge in [0, 0.05) is 24.2 Å². The minimum atomic E-state index is -0.915. The molecule has 4 rings (SSSR count). The maximum absolute atomic E-state index is 13.6. The van der Waals surface area contributed by atoms with E-state index in [4.69, 9.17) is 0 Å². The number of hydrogen-bond donors (Lipinski definition) is 2. The summed E-state index contributed by atoms with van der Waals surface area (Å²) in [4.78, 5) is 53.5. The van der Waals surface area contributed by atoms with Crippen LogP contribution < -0.4 is 5.32 Å². The molecule has 2 saturated carbocycles. The zero-order valence-electron chi connectivity index (χ0n) is 19.3. The largest absolute Gasteiger partial charge is 0.481 e. The number of likely N-dealkylation sites (tertiary alicyclic amines) is 1. The van der Waals surface area contributed by atoms with Gasteiger partial charge in [-0.2, -0.15) is 0 Å². The van der Waals surface area contributed by atoms with Crippen molar-refractivity contribution in [2.45, 2.75) is 102 Å². The van der Waals surface area contributed by atoms with Crippen molar-refractivity contribution >= 4 is 23.8 Å². The molecule has 2 N–H and O–H groups in total. The average molecular weight is 464 g/mol. The first-order valence-corrected chi connectivity index (χ1v) is 12.2. The maximum atomic E-state index is 13.6. The molecule has 0 aromatic heterocycles. The highest BCUT2D eigenvalue weighted by molar-refractivity contribution is 6.28. The molecule has 0 aromatic carbocycles. The predicted octanol–water partition coefficient (Wildman–Crippen LogP) is 3.01. The minimum Gasteiger partial charge on any atom is -0.481 e. The van der Waals surface area contributed by atoms with E-state index in [0.717, 1.165) is 24.2 Å². The van der Waals surface area contributed by atoms with E-state index in [2.05, 4.69) is 17.1 Å². The number of alkyl halides is 1. The molecule has 2 aliphatic heterocycles. The molecule has 182 valence electrons. The Morgan fingerprint density at radius 2 is 1.73 bits per heavy atom. The van der Waals surface area contributed by atoms with Crippen LogP contribution in [0.15, 0.2) is 11.6 Å². The molecule has 0 aromatic rings. The van der Waals surface area contributed by atoms with Crippen LogP contribution in [-0.4, -0.2) is 69.1 Å². The van der Waals surface area contributed by atoms with Gasteiger partial charge in [-0.05, 0) is 64.7 Å². The van der Waals surface area contributed by atoms with Gasteiger partial charge in [0.15, 0.2) is 0 Å². The summed E-state index contributed by atoms with van der Waals surface area (Å²) in [5, 5.41) is 12.0. The number of urea groups is 1. The summed E-state index contributed by atoms with van der Waals surface area (Å²) in [6.45, 7) is 4.09. The van der Waals surface area contributed by atoms with Gasteiger partial charge < -0.3 is 5.11 Å². The number of amides is 4. The van der Waals surface area contributed by atoms with Gasteiger partial charge in [-0.25, -0.2) is 9.18 Å². The quantitative estimate of drug-likeness (QED) is 0.490. The minimum absolute atomic E-state index is 0.0360. The Balaban J connectivity index is 1.54. The summed E-state index contributed by atoms with van der Waals surface area (Å²) in [6.07, 6.45) is 6.26. The van der Waals surface area contributed by atoms with E-state index in [1.807, 2.05) is 6.92 Å². The highest BCUT2D eigenvalue weighted by Gasteiger charge is 2.46. The molecular weight excluding hydrogens is 429 g/mol. The molecular formula is C24H34FN3O5. The van der Waals surface area contributed by atoms with E-state index in [9.17, 15) is 28.7 Å². The number of carboxylic acids is 1. The van der Waals surface area contributed by atoms with Crippen LogP contribution in [0.2, 0.25) is 0 Å². The van der Waals surface area contributed by atoms with Crippen molar-refractivity contribution in [3.8, 4) is 0 Å². The third-order valence-electron chi connectivity index (χ3n) is 8.15. The summed E-state index contributed by atoms with van der Waals surface area (Å²) < 4.78 is 13.6. The molecule has 5 atom stereocenters. The van der Waals surface area contributed by atoms with Crippen LogP contribution >= 0.6 is 0 Å². The highest BCUT2D eigenvalue weighted by Crippen LogP contribution is 2.40. The van der Waals surface area contributed by atoms with Crippen molar-refractivity contribution in [3.63, 3.8) is 0 Å². The van der Waals surface area contributed by atoms with Gasteiger partial charge in [-0.3, -0.25) is 29.5 Å². The van der Waals surface area contributed by atoms with Gasteiger partial charge in [0.1, 0.15) is 11.7 Å². The van der Waals surface area contributed by atoms with Crippen LogP contribution in [0.5, 0.6) is 0 Å². The van der Waals surface area contributed by atoms with Crippen molar-refractivity contribution < 1.29 is 28.7 Å². The second-order valence-corrected chi connectivity index (χ2v) is 10.2. The number of carboxylic acid groups (broad SMARTS) is 1. The van der Waals surface area contributed by atoms with Gasteiger partial charge in [0.25, 0.3) is 11.8 Å². The molecule has 0 spiro atoms. The lowest BCUT2D eigenvalue weighted by molar-refractivity contribution is -0.146. The molecule has 9 heteroatoms. The number of carbonyl (C=O) groups is 4. The van der Waals surface area contributed by atoms with Crippen molar-refractivity contribution in [2.24, 2.45) is 11.8 Å². The number of hydrogen-bond acceptors (Lipinski definition) is 5. The standard InChI is InChI=1S/C24H34FN3O5/c1-13-11-15(14(2)27(13)20-6-4-3-5-18(20)23(31)32)12-19-21(29)26-24(33)28(22(19)30)17-9-7-16(25)8-10-17/h12-18,20H,3-11H2,1-2H3,(H,31,32)(H,26,29,33)/b19-12+. The van der Waals surface area contributed by atoms with E-state index in [1.54, 1.807) is 6.08 Å². The Morgan fingerprint density at radius 3 is 2.39 bits per heavy atom. The number of nitrogens with one attached hydrogen (secondary N) is 1. The van der Waals surface area contributed by atoms with E-state index >= 15 is 0 Å². The highest BCUT2D eigenvalue weighted by atomic mass is 19.1. The number of barbiturate groups is 1. The smallest absolute Gasteiger partial charge is 0.331 e. The molecule has 5 unspecified atom stereocenters. The Hall–Kier alpha value is -2.29. The van der Waals surface area contributed by atoms with Crippen molar-refractivity contribution in [1.29, 1.82) is 0 Å². The lowest BCUT2D eigenvalue weighted by Gasteiger charge is -2.41. The Morgan fingerprint density at radius 1 is 1.06 bits per heavy atom. The lowest BCUT2D eigenvalue weighted by Crippen LogP contribution is -2.58. The van der Waals surface area contributed by atoms with Crippen LogP contribution in [-0.2, 0) is 14.4 Å². The normalized spacial score (nSPS) is 39.7. The van der Waals surface area contributed by atoms with Gasteiger partial charge in [0.05, 0.1) is 5.92 Å². The van der Waals surface area contributed by atoms with Gasteiger partial charge in [-0.1, -0.05) is 18.9 Å². The van der Waals surface area contributed by atoms with Crippen LogP contribution in [0.3, 0.4) is 0 Å². The fourth-order valence-electron chi connectivity index (χ4n) is 6.46. The van der Waals surface area contributed by atoms with Crippen LogP contribution in [0.25, 0.3) is 0 Å². The Bertz CT molecular complexity index is 853. The first-order valence-electron chi connectivity index (χ1n) is 12.2. The summed E-state index contributed by atoms with van der Waals surface area (Å²) >= 11 is 0. The Labute approximate surface area is 193 Å². The lowest BCUT2D eigenvalue weighted by atomic mass is 9.82. The zero-order valence-corrected chi connectivity index (χ0v) is 19.3. The van der Waals surface area contributed by atoms with E-state index in [0.29, 0.717) is 38.5 Å². The summed E-state index contributed by atoms with van der Waals surface area (Å²) in [5.41, 5.74) is -0.0405. The predicted molar refractivity (Wildman–Crippen MR) is 118 cm³/mol. The number of carbonyl (C=O) groups excluding carboxylic acids is 3. The number of nitrogens with zero attached hydrogens (tertiary/aromatic N) is 2. The van der Waals surface area contributed by atoms with Gasteiger partial charge >= 0.3 is 12.0 Å². The fourth-order valence-corrected chi connectivity index (χ4v) is 6.46. The van der Waals surface area contributed by atoms with Gasteiger partial charge in [0.2, 0.25) is 0 Å². The first-order chi connectivity index (χ1) is 15.7. The third-order valence-corrected chi connectivity index (χ3v) is 8.15. The van der Waals surface area contributed by atoms with Crippen LogP contribution in [0.1, 0.15) is 71.6 Å². The van der Waals surface area contributed by atoms with E-state index in [-0.39, 0.29) is 29.6 Å². The summed E-state index contributed by atoms with van der Waals surface area (Å²) in [7, 11) is 0. The monoisotopic (exact) mass is 463 g/mol. The van der Waals surface area contributed by atoms with E-state index in [1.165, 1.54) is 0 Å². The summed E-state index contributed by atoms with van der Waals surface area (Å²) in [5.74, 6) is -2.59. The number of rotatable bonds is 4. The molecule has 2 heterocycles. The van der Waals surface area contributed by atoms with Gasteiger partial charge in [-0.15, -0.1) is 0 Å². The van der Waals surface area contributed by atoms with Crippen LogP contribution in [0.4, 0.5) is 9.18 Å². The zero-order chi connectivity index (χ0) is 23.9. The second kappa shape index (κ2) is 9.52. The van der Waals surface area contributed by atoms with Crippen molar-refractivity contribution in [1.82, 2.24) is 15.1 Å². The SMILES string of the molecule is CC1CC(/C=C2\C(=O)NC(=O)N(C3CCC(F)CC3)C2=O)C(C)N1C1CCCCC1C(=O)O. The average Bonchev–Trinajstić information content (AvgIpc) is 3.05. The molecule has 0 bridgehead atoms. The molecule has 4 amide bonds. The molecule has 8 nitrogen and oxygen atoms in total. The molecule has 33 heavy (non-hydrogen) atoms. The van der Waals surface area contributed by atoms with Crippen molar-refractivity contribution in [3.05, 3.63) is 11.6 Å². The topological polar surface area (TPSA) is 107 Å².